The molecule has 0 saturated heterocycles. The van der Waals surface area contributed by atoms with Gasteiger partial charge in [-0.2, -0.15) is 0 Å². The van der Waals surface area contributed by atoms with Gasteiger partial charge in [-0.1, -0.05) is 0 Å². The van der Waals surface area contributed by atoms with Crippen molar-refractivity contribution in [3.63, 3.8) is 0 Å². The highest BCUT2D eigenvalue weighted by molar-refractivity contribution is 9.10. The molecule has 0 heterocycles. The molecule has 6 nitrogen and oxygen atoms in total. The van der Waals surface area contributed by atoms with Gasteiger partial charge in [0.15, 0.2) is 0 Å². The molecule has 0 fully saturated rings. The van der Waals surface area contributed by atoms with Gasteiger partial charge in [0.1, 0.15) is 11.9 Å². The van der Waals surface area contributed by atoms with Crippen LogP contribution >= 0.6 is 15.9 Å². The van der Waals surface area contributed by atoms with Crippen molar-refractivity contribution in [1.82, 2.24) is 5.32 Å². The second-order valence-electron chi connectivity index (χ2n) is 3.93. The second-order valence-corrected chi connectivity index (χ2v) is 4.78. The highest BCUT2D eigenvalue weighted by Gasteiger charge is 2.21. The Hall–Kier alpha value is -1.96. The van der Waals surface area contributed by atoms with Gasteiger partial charge in [0.25, 0.3) is 5.91 Å². The lowest BCUT2D eigenvalue weighted by molar-refractivity contribution is -0.140. The number of carboxylic acids is 2. The van der Waals surface area contributed by atoms with Crippen molar-refractivity contribution in [2.24, 2.45) is 0 Å². The van der Waals surface area contributed by atoms with Crippen LogP contribution in [0, 0.1) is 5.82 Å². The van der Waals surface area contributed by atoms with Crippen LogP contribution in [0.1, 0.15) is 23.2 Å². The van der Waals surface area contributed by atoms with Crippen LogP contribution in [0.15, 0.2) is 22.7 Å². The number of benzene rings is 1. The van der Waals surface area contributed by atoms with Gasteiger partial charge in [-0.3, -0.25) is 9.59 Å². The summed E-state index contributed by atoms with van der Waals surface area (Å²) >= 11 is 2.91. The molecular weight excluding hydrogens is 337 g/mol. The van der Waals surface area contributed by atoms with Crippen LogP contribution in [0.4, 0.5) is 4.39 Å². The van der Waals surface area contributed by atoms with Gasteiger partial charge in [0.2, 0.25) is 0 Å². The summed E-state index contributed by atoms with van der Waals surface area (Å²) in [5.41, 5.74) is 0.0693. The minimum Gasteiger partial charge on any atom is -0.481 e. The maximum Gasteiger partial charge on any atom is 0.326 e. The summed E-state index contributed by atoms with van der Waals surface area (Å²) in [6.45, 7) is 0. The highest BCUT2D eigenvalue weighted by Crippen LogP contribution is 2.17. The molecular formula is C12H11BrFNO5. The first-order valence-corrected chi connectivity index (χ1v) is 6.31. The second kappa shape index (κ2) is 6.99. The van der Waals surface area contributed by atoms with Crippen molar-refractivity contribution >= 4 is 33.8 Å². The van der Waals surface area contributed by atoms with Crippen molar-refractivity contribution in [1.29, 1.82) is 0 Å². The number of carboxylic acid groups (broad SMARTS) is 2. The molecule has 0 spiro atoms. The van der Waals surface area contributed by atoms with Crippen molar-refractivity contribution in [2.45, 2.75) is 18.9 Å². The summed E-state index contributed by atoms with van der Waals surface area (Å²) < 4.78 is 13.1. The van der Waals surface area contributed by atoms with E-state index in [9.17, 15) is 18.8 Å². The van der Waals surface area contributed by atoms with E-state index in [0.29, 0.717) is 0 Å². The van der Waals surface area contributed by atoms with E-state index in [1.165, 1.54) is 12.1 Å². The fourth-order valence-electron chi connectivity index (χ4n) is 1.40. The zero-order valence-corrected chi connectivity index (χ0v) is 11.7. The molecule has 0 saturated carbocycles. The van der Waals surface area contributed by atoms with E-state index in [1.807, 2.05) is 0 Å². The summed E-state index contributed by atoms with van der Waals surface area (Å²) in [5.74, 6) is -3.76. The smallest absolute Gasteiger partial charge is 0.326 e. The molecule has 1 aromatic carbocycles. The Morgan fingerprint density at radius 1 is 1.30 bits per heavy atom. The number of aliphatic carboxylic acids is 2. The van der Waals surface area contributed by atoms with E-state index in [-0.39, 0.29) is 22.9 Å². The third-order valence-corrected chi connectivity index (χ3v) is 3.04. The molecule has 20 heavy (non-hydrogen) atoms. The Morgan fingerprint density at radius 3 is 2.45 bits per heavy atom. The van der Waals surface area contributed by atoms with Crippen LogP contribution < -0.4 is 5.32 Å². The van der Waals surface area contributed by atoms with Crippen LogP contribution in [0.3, 0.4) is 0 Å². The molecule has 1 aromatic rings. The Balaban J connectivity index is 2.77. The topological polar surface area (TPSA) is 104 Å². The van der Waals surface area contributed by atoms with E-state index in [2.05, 4.69) is 21.2 Å². The molecule has 0 bridgehead atoms. The maximum absolute atomic E-state index is 13.0. The normalized spacial score (nSPS) is 11.7. The molecule has 0 aliphatic rings. The van der Waals surface area contributed by atoms with Crippen molar-refractivity contribution in [3.05, 3.63) is 34.1 Å². The fourth-order valence-corrected chi connectivity index (χ4v) is 1.78. The SMILES string of the molecule is O=C(O)CC[C@H](NC(=O)c1ccc(F)c(Br)c1)C(=O)O. The largest absolute Gasteiger partial charge is 0.481 e. The van der Waals surface area contributed by atoms with E-state index in [0.717, 1.165) is 6.07 Å². The molecule has 1 rings (SSSR count). The monoisotopic (exact) mass is 347 g/mol. The van der Waals surface area contributed by atoms with Crippen LogP contribution in [-0.2, 0) is 9.59 Å². The number of carbonyl (C=O) groups excluding carboxylic acids is 1. The van der Waals surface area contributed by atoms with E-state index < -0.39 is 29.7 Å². The first kappa shape index (κ1) is 16.1. The van der Waals surface area contributed by atoms with Gasteiger partial charge >= 0.3 is 11.9 Å². The summed E-state index contributed by atoms with van der Waals surface area (Å²) in [6, 6.07) is 2.15. The highest BCUT2D eigenvalue weighted by atomic mass is 79.9. The van der Waals surface area contributed by atoms with Gasteiger partial charge < -0.3 is 15.5 Å². The van der Waals surface area contributed by atoms with Crippen LogP contribution in [0.25, 0.3) is 0 Å². The number of hydrogen-bond donors (Lipinski definition) is 3. The molecule has 8 heteroatoms. The minimum absolute atomic E-state index is 0.0693. The lowest BCUT2D eigenvalue weighted by atomic mass is 10.1. The summed E-state index contributed by atoms with van der Waals surface area (Å²) in [7, 11) is 0. The number of halogens is 2. The van der Waals surface area contributed by atoms with Crippen molar-refractivity contribution in [2.75, 3.05) is 0 Å². The predicted molar refractivity (Wildman–Crippen MR) is 69.9 cm³/mol. The maximum atomic E-state index is 13.0. The molecule has 108 valence electrons. The standard InChI is InChI=1S/C12H11BrFNO5/c13-7-5-6(1-2-8(7)14)11(18)15-9(12(19)20)3-4-10(16)17/h1-2,5,9H,3-4H2,(H,15,18)(H,16,17)(H,19,20)/t9-/m0/s1. The van der Waals surface area contributed by atoms with Gasteiger partial charge in [-0.05, 0) is 40.5 Å². The third-order valence-electron chi connectivity index (χ3n) is 2.43. The number of carbonyl (C=O) groups is 3. The van der Waals surface area contributed by atoms with Crippen LogP contribution in [0.2, 0.25) is 0 Å². The molecule has 0 aliphatic heterocycles. The zero-order chi connectivity index (χ0) is 15.3. The van der Waals surface area contributed by atoms with Crippen molar-refractivity contribution < 1.29 is 29.0 Å². The summed E-state index contributed by atoms with van der Waals surface area (Å²) in [5, 5.41) is 19.6. The Labute approximate surface area is 121 Å². The molecule has 0 aromatic heterocycles. The molecule has 1 amide bonds. The van der Waals surface area contributed by atoms with Crippen molar-refractivity contribution in [3.8, 4) is 0 Å². The summed E-state index contributed by atoms with van der Waals surface area (Å²) in [4.78, 5) is 33.1. The van der Waals surface area contributed by atoms with E-state index in [4.69, 9.17) is 10.2 Å². The number of nitrogens with one attached hydrogen (secondary N) is 1. The molecule has 0 aliphatic carbocycles. The third kappa shape index (κ3) is 4.61. The Morgan fingerprint density at radius 2 is 1.95 bits per heavy atom. The molecule has 0 unspecified atom stereocenters. The lowest BCUT2D eigenvalue weighted by Gasteiger charge is -2.13. The minimum atomic E-state index is -1.33. The molecule has 1 atom stereocenters. The van der Waals surface area contributed by atoms with E-state index >= 15 is 0 Å². The Kier molecular flexibility index (Phi) is 5.63. The van der Waals surface area contributed by atoms with Gasteiger partial charge in [0, 0.05) is 12.0 Å². The number of amides is 1. The Bertz CT molecular complexity index is 549. The van der Waals surface area contributed by atoms with Crippen LogP contribution in [-0.4, -0.2) is 34.1 Å². The average molecular weight is 348 g/mol. The number of hydrogen-bond acceptors (Lipinski definition) is 3. The fraction of sp³-hybridized carbons (Fsp3) is 0.250. The lowest BCUT2D eigenvalue weighted by Crippen LogP contribution is -2.41. The van der Waals surface area contributed by atoms with Gasteiger partial charge in [-0.25, -0.2) is 9.18 Å². The van der Waals surface area contributed by atoms with Gasteiger partial charge in [-0.15, -0.1) is 0 Å². The average Bonchev–Trinajstić information content (AvgIpc) is 2.36. The molecule has 3 N–H and O–H groups in total. The van der Waals surface area contributed by atoms with Gasteiger partial charge in [0.05, 0.1) is 4.47 Å². The quantitative estimate of drug-likeness (QED) is 0.725. The first-order valence-electron chi connectivity index (χ1n) is 5.51. The first-order chi connectivity index (χ1) is 9.31. The summed E-state index contributed by atoms with van der Waals surface area (Å²) in [6.07, 6.45) is -0.622. The predicted octanol–water partition coefficient (Wildman–Crippen LogP) is 1.64. The van der Waals surface area contributed by atoms with Crippen LogP contribution in [0.5, 0.6) is 0 Å². The van der Waals surface area contributed by atoms with E-state index in [1.54, 1.807) is 0 Å². The zero-order valence-electron chi connectivity index (χ0n) is 10.1. The number of rotatable bonds is 6. The molecule has 0 radical (unpaired) electrons.